The van der Waals surface area contributed by atoms with E-state index in [0.29, 0.717) is 0 Å². The Labute approximate surface area is 122 Å². The van der Waals surface area contributed by atoms with E-state index in [0.717, 1.165) is 41.2 Å². The van der Waals surface area contributed by atoms with Crippen LogP contribution >= 0.6 is 0 Å². The summed E-state index contributed by atoms with van der Waals surface area (Å²) in [6.07, 6.45) is 1.54. The lowest BCUT2D eigenvalue weighted by atomic mass is 10.0. The van der Waals surface area contributed by atoms with Crippen molar-refractivity contribution in [3.8, 4) is 5.69 Å². The number of anilines is 1. The van der Waals surface area contributed by atoms with E-state index in [9.17, 15) is 4.79 Å². The summed E-state index contributed by atoms with van der Waals surface area (Å²) in [5, 5.41) is 17.2. The molecule has 0 unspecified atom stereocenters. The highest BCUT2D eigenvalue weighted by atomic mass is 16.1. The van der Waals surface area contributed by atoms with E-state index in [4.69, 9.17) is 0 Å². The van der Waals surface area contributed by atoms with E-state index >= 15 is 0 Å². The average molecular weight is 284 g/mol. The Morgan fingerprint density at radius 3 is 2.76 bits per heavy atom. The van der Waals surface area contributed by atoms with Gasteiger partial charge in [0.1, 0.15) is 6.33 Å². The second kappa shape index (κ2) is 5.45. The Balaban J connectivity index is 1.78. The molecule has 108 valence electrons. The van der Waals surface area contributed by atoms with Crippen LogP contribution in [0.2, 0.25) is 0 Å². The fraction of sp³-hybridized carbons (Fsp3) is 0.286. The Hall–Kier alpha value is -2.54. The molecule has 21 heavy (non-hydrogen) atoms. The van der Waals surface area contributed by atoms with Crippen molar-refractivity contribution in [2.75, 3.05) is 18.4 Å². The molecule has 1 aliphatic heterocycles. The van der Waals surface area contributed by atoms with Gasteiger partial charge in [0.05, 0.1) is 5.69 Å². The van der Waals surface area contributed by atoms with Crippen molar-refractivity contribution in [2.24, 2.45) is 0 Å². The zero-order chi connectivity index (χ0) is 14.8. The Kier molecular flexibility index (Phi) is 3.49. The molecule has 1 aromatic carbocycles. The highest BCUT2D eigenvalue weighted by Crippen LogP contribution is 2.19. The van der Waals surface area contributed by atoms with E-state index in [1.54, 1.807) is 11.0 Å². The molecule has 1 saturated heterocycles. The molecule has 3 rings (SSSR count). The number of benzene rings is 1. The molecule has 0 aliphatic carbocycles. The fourth-order valence-electron chi connectivity index (χ4n) is 2.16. The van der Waals surface area contributed by atoms with Gasteiger partial charge in [0.15, 0.2) is 0 Å². The van der Waals surface area contributed by atoms with E-state index in [2.05, 4.69) is 26.2 Å². The van der Waals surface area contributed by atoms with Gasteiger partial charge < -0.3 is 10.6 Å². The summed E-state index contributed by atoms with van der Waals surface area (Å²) >= 11 is 0. The number of tetrazole rings is 1. The SMILES string of the molecule is CC(C(=O)Nc1ccc(-n2cnnn2)c(C)c1)=C1CNC1. The molecule has 0 atom stereocenters. The molecule has 1 amide bonds. The summed E-state index contributed by atoms with van der Waals surface area (Å²) in [4.78, 5) is 12.1. The summed E-state index contributed by atoms with van der Waals surface area (Å²) < 4.78 is 1.59. The van der Waals surface area contributed by atoms with Crippen LogP contribution in [0.1, 0.15) is 12.5 Å². The maximum absolute atomic E-state index is 12.1. The number of hydrogen-bond donors (Lipinski definition) is 2. The van der Waals surface area contributed by atoms with Gasteiger partial charge >= 0.3 is 0 Å². The summed E-state index contributed by atoms with van der Waals surface area (Å²) in [6.45, 7) is 5.41. The molecular formula is C14H16N6O. The molecule has 0 radical (unpaired) electrons. The smallest absolute Gasteiger partial charge is 0.251 e. The molecule has 2 N–H and O–H groups in total. The van der Waals surface area contributed by atoms with Gasteiger partial charge in [-0.2, -0.15) is 0 Å². The second-order valence-electron chi connectivity index (χ2n) is 5.04. The predicted octanol–water partition coefficient (Wildman–Crippen LogP) is 0.829. The number of amides is 1. The zero-order valence-electron chi connectivity index (χ0n) is 11.9. The van der Waals surface area contributed by atoms with E-state index < -0.39 is 0 Å². The van der Waals surface area contributed by atoms with Crippen molar-refractivity contribution in [3.63, 3.8) is 0 Å². The van der Waals surface area contributed by atoms with Crippen LogP contribution in [0.15, 0.2) is 35.7 Å². The van der Waals surface area contributed by atoms with Crippen LogP contribution in [0, 0.1) is 6.92 Å². The maximum Gasteiger partial charge on any atom is 0.251 e. The van der Waals surface area contributed by atoms with Crippen LogP contribution in [0.3, 0.4) is 0 Å². The lowest BCUT2D eigenvalue weighted by Crippen LogP contribution is -2.36. The van der Waals surface area contributed by atoms with Gasteiger partial charge in [-0.1, -0.05) is 0 Å². The lowest BCUT2D eigenvalue weighted by Gasteiger charge is -2.21. The van der Waals surface area contributed by atoms with E-state index in [1.807, 2.05) is 32.0 Å². The molecule has 1 aliphatic rings. The third-order valence-electron chi connectivity index (χ3n) is 3.60. The first-order chi connectivity index (χ1) is 10.1. The van der Waals surface area contributed by atoms with Crippen LogP contribution in [-0.4, -0.2) is 39.2 Å². The van der Waals surface area contributed by atoms with Crippen LogP contribution in [-0.2, 0) is 4.79 Å². The van der Waals surface area contributed by atoms with Crippen LogP contribution in [0.25, 0.3) is 5.69 Å². The summed E-state index contributed by atoms with van der Waals surface area (Å²) in [6, 6.07) is 5.64. The van der Waals surface area contributed by atoms with Crippen molar-refractivity contribution >= 4 is 11.6 Å². The van der Waals surface area contributed by atoms with E-state index in [1.165, 1.54) is 0 Å². The third-order valence-corrected chi connectivity index (χ3v) is 3.60. The van der Waals surface area contributed by atoms with Crippen molar-refractivity contribution in [3.05, 3.63) is 41.2 Å². The van der Waals surface area contributed by atoms with Crippen LogP contribution in [0.4, 0.5) is 5.69 Å². The highest BCUT2D eigenvalue weighted by Gasteiger charge is 2.16. The first-order valence-corrected chi connectivity index (χ1v) is 6.70. The van der Waals surface area contributed by atoms with Crippen LogP contribution in [0.5, 0.6) is 0 Å². The zero-order valence-corrected chi connectivity index (χ0v) is 11.9. The molecule has 1 fully saturated rings. The van der Waals surface area contributed by atoms with Gasteiger partial charge in [-0.3, -0.25) is 4.79 Å². The summed E-state index contributed by atoms with van der Waals surface area (Å²) in [7, 11) is 0. The molecule has 0 bridgehead atoms. The van der Waals surface area contributed by atoms with E-state index in [-0.39, 0.29) is 5.91 Å². The van der Waals surface area contributed by atoms with Crippen molar-refractivity contribution in [2.45, 2.75) is 13.8 Å². The predicted molar refractivity (Wildman–Crippen MR) is 78.1 cm³/mol. The van der Waals surface area contributed by atoms with Gasteiger partial charge in [-0.05, 0) is 53.6 Å². The highest BCUT2D eigenvalue weighted by molar-refractivity contribution is 6.04. The van der Waals surface area contributed by atoms with Gasteiger partial charge in [-0.15, -0.1) is 5.10 Å². The molecule has 7 nitrogen and oxygen atoms in total. The lowest BCUT2D eigenvalue weighted by molar-refractivity contribution is -0.112. The molecular weight excluding hydrogens is 268 g/mol. The Morgan fingerprint density at radius 1 is 1.38 bits per heavy atom. The Morgan fingerprint density at radius 2 is 2.19 bits per heavy atom. The molecule has 2 aromatic rings. The average Bonchev–Trinajstić information content (AvgIpc) is 2.90. The standard InChI is InChI=1S/C14H16N6O/c1-9-5-12(3-4-13(9)20-8-16-18-19-20)17-14(21)10(2)11-6-15-7-11/h3-5,8,15H,6-7H2,1-2H3,(H,17,21). The third kappa shape index (κ3) is 2.68. The largest absolute Gasteiger partial charge is 0.322 e. The summed E-state index contributed by atoms with van der Waals surface area (Å²) in [5.41, 5.74) is 4.58. The molecule has 0 saturated carbocycles. The summed E-state index contributed by atoms with van der Waals surface area (Å²) in [5.74, 6) is -0.0546. The Bertz CT molecular complexity index is 698. The minimum absolute atomic E-state index is 0.0546. The van der Waals surface area contributed by atoms with Gasteiger partial charge in [0.2, 0.25) is 0 Å². The molecule has 1 aromatic heterocycles. The fourth-order valence-corrected chi connectivity index (χ4v) is 2.16. The quantitative estimate of drug-likeness (QED) is 0.815. The molecule has 2 heterocycles. The number of carbonyl (C=O) groups is 1. The second-order valence-corrected chi connectivity index (χ2v) is 5.04. The molecule has 7 heteroatoms. The minimum atomic E-state index is -0.0546. The van der Waals surface area contributed by atoms with Crippen molar-refractivity contribution < 1.29 is 4.79 Å². The number of carbonyl (C=O) groups excluding carboxylic acids is 1. The number of aromatic nitrogens is 4. The molecule has 0 spiro atoms. The van der Waals surface area contributed by atoms with Crippen LogP contribution < -0.4 is 10.6 Å². The van der Waals surface area contributed by atoms with Crippen molar-refractivity contribution in [1.29, 1.82) is 0 Å². The van der Waals surface area contributed by atoms with Gasteiger partial charge in [0, 0.05) is 24.4 Å². The minimum Gasteiger partial charge on any atom is -0.322 e. The topological polar surface area (TPSA) is 84.7 Å². The number of hydrogen-bond acceptors (Lipinski definition) is 5. The van der Waals surface area contributed by atoms with Gasteiger partial charge in [-0.25, -0.2) is 4.68 Å². The number of rotatable bonds is 3. The monoisotopic (exact) mass is 284 g/mol. The number of nitrogens with one attached hydrogen (secondary N) is 2. The maximum atomic E-state index is 12.1. The first kappa shape index (κ1) is 13.4. The number of nitrogens with zero attached hydrogens (tertiary/aromatic N) is 4. The first-order valence-electron chi connectivity index (χ1n) is 6.70. The number of aryl methyl sites for hydroxylation is 1. The van der Waals surface area contributed by atoms with Gasteiger partial charge in [0.25, 0.3) is 5.91 Å². The normalized spacial score (nSPS) is 13.7. The van der Waals surface area contributed by atoms with Crippen molar-refractivity contribution in [1.82, 2.24) is 25.5 Å².